The van der Waals surface area contributed by atoms with Crippen LogP contribution in [0.4, 0.5) is 0 Å². The highest BCUT2D eigenvalue weighted by Gasteiger charge is 2.40. The highest BCUT2D eigenvalue weighted by Crippen LogP contribution is 2.33. The number of rotatable bonds is 5. The van der Waals surface area contributed by atoms with Gasteiger partial charge in [0.2, 0.25) is 0 Å². The van der Waals surface area contributed by atoms with Crippen molar-refractivity contribution < 1.29 is 29.3 Å². The van der Waals surface area contributed by atoms with E-state index in [0.717, 1.165) is 64.2 Å². The van der Waals surface area contributed by atoms with Crippen LogP contribution in [0.2, 0.25) is 0 Å². The molecule has 6 heteroatoms. The van der Waals surface area contributed by atoms with Crippen molar-refractivity contribution in [1.29, 1.82) is 0 Å². The zero-order valence-electron chi connectivity index (χ0n) is 14.8. The number of hydrogen-bond acceptors (Lipinski definition) is 6. The second-order valence-electron chi connectivity index (χ2n) is 7.75. The van der Waals surface area contributed by atoms with Gasteiger partial charge in [0.15, 0.2) is 12.2 Å². The van der Waals surface area contributed by atoms with Crippen LogP contribution in [0, 0.1) is 0 Å². The average molecular weight is 342 g/mol. The molecule has 2 rings (SSSR count). The number of aliphatic hydroxyl groups is 2. The summed E-state index contributed by atoms with van der Waals surface area (Å²) in [6.07, 6.45) is 5.12. The lowest BCUT2D eigenvalue weighted by Crippen LogP contribution is -2.47. The molecule has 0 aromatic heterocycles. The highest BCUT2D eigenvalue weighted by molar-refractivity contribution is 5.85. The summed E-state index contributed by atoms with van der Waals surface area (Å²) < 4.78 is 10.7. The lowest BCUT2D eigenvalue weighted by molar-refractivity contribution is -0.191. The molecule has 0 spiro atoms. The average Bonchev–Trinajstić information content (AvgIpc) is 2.53. The van der Waals surface area contributed by atoms with Crippen LogP contribution >= 0.6 is 0 Å². The first-order valence-electron chi connectivity index (χ1n) is 9.07. The molecule has 0 amide bonds. The van der Waals surface area contributed by atoms with Gasteiger partial charge in [-0.15, -0.1) is 0 Å². The Labute approximate surface area is 143 Å². The Kier molecular flexibility index (Phi) is 6.26. The predicted molar refractivity (Wildman–Crippen MR) is 87.2 cm³/mol. The second kappa shape index (κ2) is 7.83. The van der Waals surface area contributed by atoms with Crippen molar-refractivity contribution >= 4 is 11.9 Å². The maximum atomic E-state index is 12.1. The molecule has 2 aliphatic carbocycles. The van der Waals surface area contributed by atoms with Crippen LogP contribution in [0.1, 0.15) is 78.1 Å². The van der Waals surface area contributed by atoms with E-state index in [2.05, 4.69) is 0 Å². The summed E-state index contributed by atoms with van der Waals surface area (Å²) in [7, 11) is 0. The summed E-state index contributed by atoms with van der Waals surface area (Å²) in [6, 6.07) is 0. The van der Waals surface area contributed by atoms with Crippen LogP contribution in [0.3, 0.4) is 0 Å². The van der Waals surface area contributed by atoms with Gasteiger partial charge in [-0.25, -0.2) is 9.59 Å². The van der Waals surface area contributed by atoms with Gasteiger partial charge in [0.05, 0.1) is 0 Å². The van der Waals surface area contributed by atoms with Crippen molar-refractivity contribution in [3.63, 3.8) is 0 Å². The molecule has 24 heavy (non-hydrogen) atoms. The molecule has 0 bridgehead atoms. The standard InChI is InChI=1S/C18H30O6/c1-17(9-5-3-6-10-17)23-15(21)13(19)14(20)16(22)24-18(2)11-7-4-8-12-18/h13-14,19-20H,3-12H2,1-2H3. The first-order valence-corrected chi connectivity index (χ1v) is 9.07. The van der Waals surface area contributed by atoms with Crippen molar-refractivity contribution in [2.45, 2.75) is 101 Å². The van der Waals surface area contributed by atoms with E-state index in [4.69, 9.17) is 9.47 Å². The van der Waals surface area contributed by atoms with E-state index in [0.29, 0.717) is 0 Å². The van der Waals surface area contributed by atoms with E-state index in [9.17, 15) is 19.8 Å². The number of ether oxygens (including phenoxy) is 2. The molecule has 6 nitrogen and oxygen atoms in total. The topological polar surface area (TPSA) is 93.1 Å². The molecule has 0 aromatic carbocycles. The maximum Gasteiger partial charge on any atom is 0.338 e. The van der Waals surface area contributed by atoms with Gasteiger partial charge in [-0.1, -0.05) is 12.8 Å². The molecule has 2 atom stereocenters. The fraction of sp³-hybridized carbons (Fsp3) is 0.889. The molecule has 0 aromatic rings. The van der Waals surface area contributed by atoms with Gasteiger partial charge < -0.3 is 19.7 Å². The number of esters is 2. The van der Waals surface area contributed by atoms with Crippen LogP contribution in [0.5, 0.6) is 0 Å². The highest BCUT2D eigenvalue weighted by atomic mass is 16.6. The van der Waals surface area contributed by atoms with Crippen molar-refractivity contribution in [2.75, 3.05) is 0 Å². The molecule has 0 aliphatic heterocycles. The molecular weight excluding hydrogens is 312 g/mol. The third-order valence-electron chi connectivity index (χ3n) is 5.30. The van der Waals surface area contributed by atoms with Crippen molar-refractivity contribution in [1.82, 2.24) is 0 Å². The first-order chi connectivity index (χ1) is 11.2. The van der Waals surface area contributed by atoms with Gasteiger partial charge in [0, 0.05) is 0 Å². The van der Waals surface area contributed by atoms with E-state index in [1.54, 1.807) is 0 Å². The number of aliphatic hydroxyl groups excluding tert-OH is 2. The third kappa shape index (κ3) is 4.93. The molecule has 0 saturated heterocycles. The number of carbonyl (C=O) groups excluding carboxylic acids is 2. The molecule has 2 N–H and O–H groups in total. The summed E-state index contributed by atoms with van der Waals surface area (Å²) in [5, 5.41) is 20.0. The van der Waals surface area contributed by atoms with Crippen LogP contribution in [0.15, 0.2) is 0 Å². The minimum Gasteiger partial charge on any atom is -0.457 e. The largest absolute Gasteiger partial charge is 0.457 e. The lowest BCUT2D eigenvalue weighted by atomic mass is 9.86. The van der Waals surface area contributed by atoms with E-state index >= 15 is 0 Å². The molecule has 2 fully saturated rings. The van der Waals surface area contributed by atoms with E-state index in [1.165, 1.54) is 0 Å². The molecule has 2 unspecified atom stereocenters. The zero-order chi connectivity index (χ0) is 17.8. The van der Waals surface area contributed by atoms with Crippen molar-refractivity contribution in [3.05, 3.63) is 0 Å². The smallest absolute Gasteiger partial charge is 0.338 e. The summed E-state index contributed by atoms with van der Waals surface area (Å²) in [5.74, 6) is -1.92. The summed E-state index contributed by atoms with van der Waals surface area (Å²) in [6.45, 7) is 3.65. The van der Waals surface area contributed by atoms with Crippen molar-refractivity contribution in [2.24, 2.45) is 0 Å². The van der Waals surface area contributed by atoms with Gasteiger partial charge in [-0.3, -0.25) is 0 Å². The van der Waals surface area contributed by atoms with E-state index < -0.39 is 35.3 Å². The van der Waals surface area contributed by atoms with Gasteiger partial charge >= 0.3 is 11.9 Å². The summed E-state index contributed by atoms with van der Waals surface area (Å²) >= 11 is 0. The Bertz CT molecular complexity index is 406. The second-order valence-corrected chi connectivity index (χ2v) is 7.75. The molecule has 0 radical (unpaired) electrons. The van der Waals surface area contributed by atoms with Gasteiger partial charge in [0.25, 0.3) is 0 Å². The monoisotopic (exact) mass is 342 g/mol. The van der Waals surface area contributed by atoms with E-state index in [-0.39, 0.29) is 0 Å². The molecule has 138 valence electrons. The summed E-state index contributed by atoms with van der Waals surface area (Å²) in [5.41, 5.74) is -1.26. The number of carbonyl (C=O) groups is 2. The van der Waals surface area contributed by atoms with Gasteiger partial charge in [-0.05, 0) is 65.2 Å². The van der Waals surface area contributed by atoms with Crippen molar-refractivity contribution in [3.8, 4) is 0 Å². The van der Waals surface area contributed by atoms with Gasteiger partial charge in [-0.2, -0.15) is 0 Å². The molecule has 0 heterocycles. The Morgan fingerprint density at radius 1 is 0.708 bits per heavy atom. The van der Waals surface area contributed by atoms with Crippen LogP contribution in [-0.4, -0.2) is 45.6 Å². The quantitative estimate of drug-likeness (QED) is 0.744. The predicted octanol–water partition coefficient (Wildman–Crippen LogP) is 2.24. The SMILES string of the molecule is CC1(OC(=O)C(O)C(O)C(=O)OC2(C)CCCCC2)CCCCC1. The molecule has 2 saturated carbocycles. The van der Waals surface area contributed by atoms with Crippen LogP contribution in [0.25, 0.3) is 0 Å². The third-order valence-corrected chi connectivity index (χ3v) is 5.30. The molecule has 2 aliphatic rings. The Balaban J connectivity index is 1.88. The zero-order valence-corrected chi connectivity index (χ0v) is 14.8. The first kappa shape index (κ1) is 19.2. The summed E-state index contributed by atoms with van der Waals surface area (Å²) in [4.78, 5) is 24.2. The molecular formula is C18H30O6. The lowest BCUT2D eigenvalue weighted by Gasteiger charge is -2.35. The minimum absolute atomic E-state index is 0.630. The fourth-order valence-corrected chi connectivity index (χ4v) is 3.67. The number of hydrogen-bond donors (Lipinski definition) is 2. The Morgan fingerprint density at radius 2 is 1.00 bits per heavy atom. The maximum absolute atomic E-state index is 12.1. The van der Waals surface area contributed by atoms with Gasteiger partial charge in [0.1, 0.15) is 11.2 Å². The Morgan fingerprint density at radius 3 is 1.29 bits per heavy atom. The Hall–Kier alpha value is -1.14. The fourth-order valence-electron chi connectivity index (χ4n) is 3.67. The van der Waals surface area contributed by atoms with Crippen LogP contribution < -0.4 is 0 Å². The normalized spacial score (nSPS) is 25.3. The van der Waals surface area contributed by atoms with Crippen LogP contribution in [-0.2, 0) is 19.1 Å². The minimum atomic E-state index is -1.91. The van der Waals surface area contributed by atoms with E-state index in [1.807, 2.05) is 13.8 Å².